The molecule has 2 aliphatic rings. The van der Waals surface area contributed by atoms with Gasteiger partial charge < -0.3 is 15.2 Å². The van der Waals surface area contributed by atoms with Gasteiger partial charge in [-0.3, -0.25) is 4.79 Å². The van der Waals surface area contributed by atoms with Crippen LogP contribution in [0.15, 0.2) is 48.5 Å². The molecule has 0 aromatic heterocycles. The van der Waals surface area contributed by atoms with Crippen molar-refractivity contribution in [2.24, 2.45) is 11.3 Å². The molecule has 4 nitrogen and oxygen atoms in total. The Morgan fingerprint density at radius 2 is 1.77 bits per heavy atom. The van der Waals surface area contributed by atoms with Crippen LogP contribution in [-0.2, 0) is 11.3 Å². The van der Waals surface area contributed by atoms with Gasteiger partial charge in [-0.2, -0.15) is 0 Å². The first kappa shape index (κ1) is 21.9. The Hall–Kier alpha value is -2.33. The van der Waals surface area contributed by atoms with Crippen LogP contribution in [0.2, 0.25) is 0 Å². The fourth-order valence-corrected chi connectivity index (χ4v) is 4.92. The summed E-state index contributed by atoms with van der Waals surface area (Å²) in [6.45, 7) is 5.47. The Morgan fingerprint density at radius 1 is 1.03 bits per heavy atom. The van der Waals surface area contributed by atoms with E-state index in [1.54, 1.807) is 0 Å². The van der Waals surface area contributed by atoms with Gasteiger partial charge in [0.25, 0.3) is 0 Å². The maximum atomic E-state index is 11.1. The maximum Gasteiger partial charge on any atom is 0.306 e. The zero-order valence-corrected chi connectivity index (χ0v) is 18.8. The summed E-state index contributed by atoms with van der Waals surface area (Å²) in [4.78, 5) is 11.1. The molecule has 2 aromatic carbocycles. The van der Waals surface area contributed by atoms with E-state index in [0.717, 1.165) is 44.4 Å². The van der Waals surface area contributed by atoms with E-state index in [1.165, 1.54) is 29.5 Å². The van der Waals surface area contributed by atoms with Crippen molar-refractivity contribution >= 4 is 5.97 Å². The Kier molecular flexibility index (Phi) is 6.66. The van der Waals surface area contributed by atoms with Crippen LogP contribution in [-0.4, -0.2) is 23.2 Å². The van der Waals surface area contributed by atoms with Gasteiger partial charge in [-0.25, -0.2) is 0 Å². The van der Waals surface area contributed by atoms with E-state index >= 15 is 0 Å². The van der Waals surface area contributed by atoms with Crippen molar-refractivity contribution < 1.29 is 14.6 Å². The van der Waals surface area contributed by atoms with Gasteiger partial charge in [0, 0.05) is 12.6 Å². The number of carboxylic acid groups (broad SMARTS) is 1. The van der Waals surface area contributed by atoms with Gasteiger partial charge in [-0.05, 0) is 85.3 Å². The second-order valence-electron chi connectivity index (χ2n) is 10.1. The number of rotatable bonds is 7. The fraction of sp³-hybridized carbons (Fsp3) is 0.519. The summed E-state index contributed by atoms with van der Waals surface area (Å²) in [5.41, 5.74) is 4.06. The van der Waals surface area contributed by atoms with Gasteiger partial charge in [0.1, 0.15) is 5.75 Å². The molecule has 2 fully saturated rings. The molecule has 2 atom stereocenters. The molecule has 4 rings (SSSR count). The Morgan fingerprint density at radius 3 is 2.45 bits per heavy atom. The van der Waals surface area contributed by atoms with Crippen LogP contribution in [0.1, 0.15) is 64.4 Å². The SMILES string of the molecule is CC1(C)CCC(Oc2ccc(-c3cccc(CNC4CCC(C(=O)O)C4)c3)cc2)CC1. The quantitative estimate of drug-likeness (QED) is 0.572. The topological polar surface area (TPSA) is 58.6 Å². The Labute approximate surface area is 186 Å². The first-order valence-corrected chi connectivity index (χ1v) is 11.7. The molecule has 0 aliphatic heterocycles. The number of carboxylic acids is 1. The summed E-state index contributed by atoms with van der Waals surface area (Å²) in [5.74, 6) is 0.108. The molecular weight excluding hydrogens is 386 g/mol. The third kappa shape index (κ3) is 5.88. The van der Waals surface area contributed by atoms with E-state index in [0.29, 0.717) is 17.6 Å². The molecule has 0 heterocycles. The summed E-state index contributed by atoms with van der Waals surface area (Å²) in [5, 5.41) is 12.7. The van der Waals surface area contributed by atoms with Crippen molar-refractivity contribution in [1.29, 1.82) is 0 Å². The van der Waals surface area contributed by atoms with Crippen LogP contribution in [0.3, 0.4) is 0 Å². The molecule has 166 valence electrons. The zero-order chi connectivity index (χ0) is 21.8. The average molecular weight is 422 g/mol. The van der Waals surface area contributed by atoms with E-state index in [2.05, 4.69) is 67.7 Å². The van der Waals surface area contributed by atoms with E-state index in [1.807, 2.05) is 0 Å². The molecule has 2 aliphatic carbocycles. The summed E-state index contributed by atoms with van der Waals surface area (Å²) in [6, 6.07) is 17.3. The van der Waals surface area contributed by atoms with Crippen molar-refractivity contribution in [1.82, 2.24) is 5.32 Å². The number of hydrogen-bond donors (Lipinski definition) is 2. The third-order valence-corrected chi connectivity index (χ3v) is 7.08. The lowest BCUT2D eigenvalue weighted by Crippen LogP contribution is -2.28. The van der Waals surface area contributed by atoms with Gasteiger partial charge >= 0.3 is 5.97 Å². The second kappa shape index (κ2) is 9.44. The number of carbonyl (C=O) groups is 1. The molecule has 2 N–H and O–H groups in total. The lowest BCUT2D eigenvalue weighted by molar-refractivity contribution is -0.141. The molecule has 0 amide bonds. The average Bonchev–Trinajstić information content (AvgIpc) is 3.24. The largest absolute Gasteiger partial charge is 0.490 e. The van der Waals surface area contributed by atoms with E-state index in [9.17, 15) is 9.90 Å². The van der Waals surface area contributed by atoms with E-state index in [-0.39, 0.29) is 5.92 Å². The van der Waals surface area contributed by atoms with E-state index < -0.39 is 5.97 Å². The standard InChI is InChI=1S/C27H35NO3/c1-27(2)14-12-25(13-15-27)31-24-10-7-20(8-11-24)21-5-3-4-19(16-21)18-28-23-9-6-22(17-23)26(29)30/h3-5,7-8,10-11,16,22-23,25,28H,6,9,12-15,17-18H2,1-2H3,(H,29,30). The maximum absolute atomic E-state index is 11.1. The van der Waals surface area contributed by atoms with Gasteiger partial charge in [0.15, 0.2) is 0 Å². The van der Waals surface area contributed by atoms with Crippen LogP contribution >= 0.6 is 0 Å². The monoisotopic (exact) mass is 421 g/mol. The van der Waals surface area contributed by atoms with Crippen molar-refractivity contribution in [3.8, 4) is 16.9 Å². The zero-order valence-electron chi connectivity index (χ0n) is 18.8. The molecule has 2 aromatic rings. The lowest BCUT2D eigenvalue weighted by Gasteiger charge is -2.34. The van der Waals surface area contributed by atoms with Gasteiger partial charge in [0.05, 0.1) is 12.0 Å². The normalized spacial score (nSPS) is 23.5. The first-order chi connectivity index (χ1) is 14.9. The van der Waals surface area contributed by atoms with Crippen LogP contribution < -0.4 is 10.1 Å². The summed E-state index contributed by atoms with van der Waals surface area (Å²) >= 11 is 0. The first-order valence-electron chi connectivity index (χ1n) is 11.7. The summed E-state index contributed by atoms with van der Waals surface area (Å²) in [7, 11) is 0. The van der Waals surface area contributed by atoms with Crippen molar-refractivity contribution in [3.05, 3.63) is 54.1 Å². The fourth-order valence-electron chi connectivity index (χ4n) is 4.92. The van der Waals surface area contributed by atoms with Gasteiger partial charge in [0.2, 0.25) is 0 Å². The Bertz CT molecular complexity index is 880. The molecule has 0 radical (unpaired) electrons. The molecule has 4 heteroatoms. The predicted octanol–water partition coefficient (Wildman–Crippen LogP) is 6.04. The number of aliphatic carboxylic acids is 1. The highest BCUT2D eigenvalue weighted by Crippen LogP contribution is 2.36. The van der Waals surface area contributed by atoms with Crippen LogP contribution in [0.5, 0.6) is 5.75 Å². The highest BCUT2D eigenvalue weighted by atomic mass is 16.5. The van der Waals surface area contributed by atoms with Crippen molar-refractivity contribution in [2.45, 2.75) is 77.5 Å². The minimum atomic E-state index is -0.661. The smallest absolute Gasteiger partial charge is 0.306 e. The molecule has 31 heavy (non-hydrogen) atoms. The highest BCUT2D eigenvalue weighted by molar-refractivity contribution is 5.70. The highest BCUT2D eigenvalue weighted by Gasteiger charge is 2.29. The second-order valence-corrected chi connectivity index (χ2v) is 10.1. The lowest BCUT2D eigenvalue weighted by atomic mass is 9.76. The molecular formula is C27H35NO3. The Balaban J connectivity index is 1.32. The molecule has 2 saturated carbocycles. The summed E-state index contributed by atoms with van der Waals surface area (Å²) in [6.07, 6.45) is 7.52. The van der Waals surface area contributed by atoms with Crippen LogP contribution in [0.4, 0.5) is 0 Å². The molecule has 0 saturated heterocycles. The number of nitrogens with one attached hydrogen (secondary N) is 1. The third-order valence-electron chi connectivity index (χ3n) is 7.08. The number of benzene rings is 2. The number of ether oxygens (including phenoxy) is 1. The number of hydrogen-bond acceptors (Lipinski definition) is 3. The summed E-state index contributed by atoms with van der Waals surface area (Å²) < 4.78 is 6.23. The minimum absolute atomic E-state index is 0.190. The minimum Gasteiger partial charge on any atom is -0.490 e. The van der Waals surface area contributed by atoms with Gasteiger partial charge in [-0.15, -0.1) is 0 Å². The predicted molar refractivity (Wildman–Crippen MR) is 124 cm³/mol. The molecule has 2 unspecified atom stereocenters. The van der Waals surface area contributed by atoms with Crippen LogP contribution in [0.25, 0.3) is 11.1 Å². The molecule has 0 bridgehead atoms. The van der Waals surface area contributed by atoms with Crippen LogP contribution in [0, 0.1) is 11.3 Å². The van der Waals surface area contributed by atoms with E-state index in [4.69, 9.17) is 4.74 Å². The van der Waals surface area contributed by atoms with Crippen molar-refractivity contribution in [2.75, 3.05) is 0 Å². The molecule has 0 spiro atoms. The van der Waals surface area contributed by atoms with Gasteiger partial charge in [-0.1, -0.05) is 44.2 Å². The van der Waals surface area contributed by atoms with Crippen molar-refractivity contribution in [3.63, 3.8) is 0 Å².